The maximum Gasteiger partial charge on any atom is 0.308 e. The van der Waals surface area contributed by atoms with Gasteiger partial charge in [0.25, 0.3) is 0 Å². The Morgan fingerprint density at radius 3 is 1.98 bits per heavy atom. The highest BCUT2D eigenvalue weighted by Crippen LogP contribution is 2.19. The number of carbonyl (C=O) groups excluding carboxylic acids is 5. The number of likely N-dealkylation sites (N-methyl/N-ethyl adjacent to an activating group) is 2. The van der Waals surface area contributed by atoms with E-state index in [2.05, 4.69) is 5.32 Å². The first-order valence-corrected chi connectivity index (χ1v) is 17.0. The minimum atomic E-state index is -1.17. The topological polar surface area (TPSA) is 152 Å². The van der Waals surface area contributed by atoms with Gasteiger partial charge in [0.05, 0.1) is 18.6 Å². The molecule has 0 aromatic heterocycles. The summed E-state index contributed by atoms with van der Waals surface area (Å²) in [7, 11) is 3.04. The molecule has 2 rings (SSSR count). The van der Waals surface area contributed by atoms with Gasteiger partial charge in [-0.05, 0) is 72.3 Å². The maximum atomic E-state index is 14.3. The van der Waals surface area contributed by atoms with E-state index in [1.807, 2.05) is 51.1 Å². The summed E-state index contributed by atoms with van der Waals surface area (Å²) in [5.74, 6) is -2.88. The molecule has 12 heteroatoms. The zero-order valence-electron chi connectivity index (χ0n) is 30.7. The number of hydrogen-bond donors (Lipinski definition) is 2. The Labute approximate surface area is 287 Å². The molecule has 270 valence electrons. The van der Waals surface area contributed by atoms with Crippen molar-refractivity contribution in [2.24, 2.45) is 11.7 Å². The van der Waals surface area contributed by atoms with Crippen LogP contribution in [0.15, 0.2) is 30.3 Å². The lowest BCUT2D eigenvalue weighted by Crippen LogP contribution is -2.60. The summed E-state index contributed by atoms with van der Waals surface area (Å²) in [6.45, 7) is 15.4. The lowest BCUT2D eigenvalue weighted by Gasteiger charge is -2.37. The van der Waals surface area contributed by atoms with Crippen LogP contribution in [0.3, 0.4) is 0 Å². The lowest BCUT2D eigenvalue weighted by molar-refractivity contribution is -0.158. The molecular weight excluding hydrogens is 614 g/mol. The van der Waals surface area contributed by atoms with Crippen LogP contribution in [0.5, 0.6) is 0 Å². The number of likely N-dealkylation sites (tertiary alicyclic amines) is 1. The van der Waals surface area contributed by atoms with Gasteiger partial charge in [0.1, 0.15) is 29.8 Å². The first-order chi connectivity index (χ1) is 22.2. The Hall–Kier alpha value is -3.51. The van der Waals surface area contributed by atoms with Crippen molar-refractivity contribution in [2.45, 2.75) is 123 Å². The molecule has 4 atom stereocenters. The molecule has 0 radical (unpaired) electrons. The normalized spacial score (nSPS) is 16.4. The average Bonchev–Trinajstić information content (AvgIpc) is 3.00. The van der Waals surface area contributed by atoms with E-state index in [-0.39, 0.29) is 31.3 Å². The number of hydrogen-bond acceptors (Lipinski definition) is 8. The molecule has 0 aliphatic carbocycles. The van der Waals surface area contributed by atoms with Gasteiger partial charge in [-0.2, -0.15) is 0 Å². The van der Waals surface area contributed by atoms with Crippen LogP contribution in [0.4, 0.5) is 0 Å². The third-order valence-electron chi connectivity index (χ3n) is 8.12. The molecule has 1 aromatic rings. The maximum absolute atomic E-state index is 14.3. The first-order valence-electron chi connectivity index (χ1n) is 17.0. The van der Waals surface area contributed by atoms with E-state index in [4.69, 9.17) is 15.2 Å². The molecular formula is C36H59N5O7. The van der Waals surface area contributed by atoms with Crippen molar-refractivity contribution < 1.29 is 33.4 Å². The van der Waals surface area contributed by atoms with E-state index in [0.29, 0.717) is 13.1 Å². The fourth-order valence-electron chi connectivity index (χ4n) is 5.69. The van der Waals surface area contributed by atoms with Gasteiger partial charge in [-0.15, -0.1) is 0 Å². The van der Waals surface area contributed by atoms with Gasteiger partial charge in [-0.3, -0.25) is 24.0 Å². The van der Waals surface area contributed by atoms with Gasteiger partial charge in [-0.25, -0.2) is 0 Å². The predicted octanol–water partition coefficient (Wildman–Crippen LogP) is 2.91. The highest BCUT2D eigenvalue weighted by molar-refractivity contribution is 5.96. The second-order valence-electron chi connectivity index (χ2n) is 15.1. The number of piperidine rings is 1. The first kappa shape index (κ1) is 40.7. The number of nitrogens with zero attached hydrogens (tertiary/aromatic N) is 3. The summed E-state index contributed by atoms with van der Waals surface area (Å²) < 4.78 is 11.2. The van der Waals surface area contributed by atoms with Gasteiger partial charge in [0.15, 0.2) is 0 Å². The van der Waals surface area contributed by atoms with Crippen molar-refractivity contribution in [1.29, 1.82) is 0 Å². The van der Waals surface area contributed by atoms with Crippen LogP contribution in [0.2, 0.25) is 0 Å². The van der Waals surface area contributed by atoms with E-state index >= 15 is 0 Å². The minimum absolute atomic E-state index is 0.0319. The fraction of sp³-hybridized carbons (Fsp3) is 0.694. The third-order valence-corrected chi connectivity index (χ3v) is 8.12. The SMILES string of the molecule is CC(C)[C@@H](C(=O)N[C@@H](CC(=O)OC(C)(C)C)C(=O)N1CCCCC1)N(C)C(=O)[C@H](Cc1ccccc1)N(C)C(=O)[C@@H](N)COC(C)(C)C. The second-order valence-corrected chi connectivity index (χ2v) is 15.1. The molecule has 1 aliphatic rings. The largest absolute Gasteiger partial charge is 0.460 e. The van der Waals surface area contributed by atoms with Crippen LogP contribution in [0, 0.1) is 5.92 Å². The molecule has 4 amide bonds. The van der Waals surface area contributed by atoms with Crippen molar-refractivity contribution in [3.8, 4) is 0 Å². The number of benzene rings is 1. The van der Waals surface area contributed by atoms with E-state index < -0.39 is 59.1 Å². The Kier molecular flexibility index (Phi) is 15.0. The van der Waals surface area contributed by atoms with E-state index in [9.17, 15) is 24.0 Å². The van der Waals surface area contributed by atoms with Crippen molar-refractivity contribution in [2.75, 3.05) is 33.8 Å². The van der Waals surface area contributed by atoms with E-state index in [0.717, 1.165) is 24.8 Å². The van der Waals surface area contributed by atoms with Crippen LogP contribution in [0.25, 0.3) is 0 Å². The zero-order valence-corrected chi connectivity index (χ0v) is 30.7. The number of rotatable bonds is 14. The highest BCUT2D eigenvalue weighted by Gasteiger charge is 2.39. The Morgan fingerprint density at radius 2 is 1.46 bits per heavy atom. The Morgan fingerprint density at radius 1 is 0.875 bits per heavy atom. The molecule has 1 fully saturated rings. The monoisotopic (exact) mass is 673 g/mol. The Bertz CT molecular complexity index is 1240. The van der Waals surface area contributed by atoms with Crippen molar-refractivity contribution in [3.05, 3.63) is 35.9 Å². The van der Waals surface area contributed by atoms with Crippen LogP contribution >= 0.6 is 0 Å². The number of ether oxygens (including phenoxy) is 2. The summed E-state index contributed by atoms with van der Waals surface area (Å²) in [5, 5.41) is 2.80. The number of nitrogens with one attached hydrogen (secondary N) is 1. The molecule has 0 bridgehead atoms. The number of carbonyl (C=O) groups is 5. The van der Waals surface area contributed by atoms with Gasteiger partial charge in [-0.1, -0.05) is 44.2 Å². The van der Waals surface area contributed by atoms with Crippen molar-refractivity contribution >= 4 is 29.6 Å². The second kappa shape index (κ2) is 17.8. The minimum Gasteiger partial charge on any atom is -0.460 e. The lowest BCUT2D eigenvalue weighted by atomic mass is 9.97. The Balaban J connectivity index is 2.38. The number of amides is 4. The van der Waals surface area contributed by atoms with Gasteiger partial charge in [0.2, 0.25) is 23.6 Å². The summed E-state index contributed by atoms with van der Waals surface area (Å²) in [6.07, 6.45) is 2.52. The fourth-order valence-corrected chi connectivity index (χ4v) is 5.69. The summed E-state index contributed by atoms with van der Waals surface area (Å²) >= 11 is 0. The molecule has 1 saturated heterocycles. The van der Waals surface area contributed by atoms with Gasteiger partial charge < -0.3 is 35.2 Å². The number of esters is 1. The highest BCUT2D eigenvalue weighted by atomic mass is 16.6. The standard InChI is InChI=1S/C36H59N5O7/c1-24(2)30(31(43)38-27(22-29(42)48-36(6,7)8)33(45)41-19-15-12-16-20-41)40(10)34(46)28(21-25-17-13-11-14-18-25)39(9)32(44)26(37)23-47-35(3,4)5/h11,13-14,17-18,24,26-28,30H,12,15-16,19-23,37H2,1-10H3,(H,38,43)/t26-,27-,28-,30-/m0/s1. The van der Waals surface area contributed by atoms with Crippen molar-refractivity contribution in [1.82, 2.24) is 20.0 Å². The molecule has 48 heavy (non-hydrogen) atoms. The smallest absolute Gasteiger partial charge is 0.308 e. The third kappa shape index (κ3) is 12.8. The average molecular weight is 674 g/mol. The molecule has 0 spiro atoms. The molecule has 3 N–H and O–H groups in total. The predicted molar refractivity (Wildman–Crippen MR) is 185 cm³/mol. The molecule has 0 saturated carbocycles. The van der Waals surface area contributed by atoms with Crippen LogP contribution in [0.1, 0.15) is 86.6 Å². The zero-order chi connectivity index (χ0) is 36.4. The molecule has 12 nitrogen and oxygen atoms in total. The van der Waals surface area contributed by atoms with Gasteiger partial charge in [0, 0.05) is 33.6 Å². The van der Waals surface area contributed by atoms with Crippen molar-refractivity contribution in [3.63, 3.8) is 0 Å². The van der Waals surface area contributed by atoms with Gasteiger partial charge >= 0.3 is 5.97 Å². The number of nitrogens with two attached hydrogens (primary N) is 1. The van der Waals surface area contributed by atoms with E-state index in [1.54, 1.807) is 39.5 Å². The van der Waals surface area contributed by atoms with Crippen LogP contribution in [-0.2, 0) is 39.9 Å². The summed E-state index contributed by atoms with van der Waals surface area (Å²) in [6, 6.07) is 5.09. The summed E-state index contributed by atoms with van der Waals surface area (Å²) in [4.78, 5) is 72.7. The molecule has 1 aliphatic heterocycles. The molecule has 1 aromatic carbocycles. The molecule has 0 unspecified atom stereocenters. The quantitative estimate of drug-likeness (QED) is 0.286. The van der Waals surface area contributed by atoms with Crippen LogP contribution in [-0.4, -0.2) is 113 Å². The molecule has 1 heterocycles. The van der Waals surface area contributed by atoms with Crippen LogP contribution < -0.4 is 11.1 Å². The summed E-state index contributed by atoms with van der Waals surface area (Å²) in [5.41, 5.74) is 5.77. The van der Waals surface area contributed by atoms with E-state index in [1.165, 1.54) is 23.9 Å².